The number of aryl methyl sites for hydroxylation is 2. The molecular formula is C15H24IN5S2. The number of thiazole rings is 2. The van der Waals surface area contributed by atoms with E-state index >= 15 is 0 Å². The average molecular weight is 465 g/mol. The third-order valence-electron chi connectivity index (χ3n) is 3.08. The molecule has 2 aromatic rings. The van der Waals surface area contributed by atoms with Gasteiger partial charge in [-0.15, -0.1) is 46.7 Å². The molecule has 2 rings (SSSR count). The van der Waals surface area contributed by atoms with E-state index in [9.17, 15) is 0 Å². The molecule has 0 aliphatic carbocycles. The summed E-state index contributed by atoms with van der Waals surface area (Å²) in [5, 5.41) is 7.59. The second-order valence-corrected chi connectivity index (χ2v) is 7.22. The lowest BCUT2D eigenvalue weighted by Crippen LogP contribution is -2.38. The Morgan fingerprint density at radius 2 is 2.17 bits per heavy atom. The fraction of sp³-hybridized carbons (Fsp3) is 0.533. The molecule has 8 heteroatoms. The quantitative estimate of drug-likeness (QED) is 0.402. The van der Waals surface area contributed by atoms with Crippen LogP contribution in [-0.4, -0.2) is 34.4 Å². The van der Waals surface area contributed by atoms with Crippen LogP contribution >= 0.6 is 46.7 Å². The fourth-order valence-corrected chi connectivity index (χ4v) is 3.39. The van der Waals surface area contributed by atoms with Crippen molar-refractivity contribution in [1.82, 2.24) is 20.2 Å². The van der Waals surface area contributed by atoms with Gasteiger partial charge in [-0.05, 0) is 20.3 Å². The molecule has 0 bridgehead atoms. The fourth-order valence-electron chi connectivity index (χ4n) is 2.00. The number of guanidine groups is 1. The van der Waals surface area contributed by atoms with E-state index in [0.717, 1.165) is 41.2 Å². The lowest BCUT2D eigenvalue weighted by atomic mass is 10.4. The number of nitrogens with zero attached hydrogens (tertiary/aromatic N) is 4. The predicted octanol–water partition coefficient (Wildman–Crippen LogP) is 3.69. The minimum Gasteiger partial charge on any atom is -0.357 e. The van der Waals surface area contributed by atoms with Crippen molar-refractivity contribution >= 4 is 52.6 Å². The minimum atomic E-state index is 0. The largest absolute Gasteiger partial charge is 0.357 e. The van der Waals surface area contributed by atoms with Gasteiger partial charge in [0.15, 0.2) is 5.96 Å². The molecule has 0 spiro atoms. The topological polar surface area (TPSA) is 53.4 Å². The van der Waals surface area contributed by atoms with Gasteiger partial charge < -0.3 is 10.2 Å². The van der Waals surface area contributed by atoms with Crippen LogP contribution in [-0.2, 0) is 19.5 Å². The van der Waals surface area contributed by atoms with Crippen LogP contribution in [0.5, 0.6) is 0 Å². The molecule has 0 amide bonds. The summed E-state index contributed by atoms with van der Waals surface area (Å²) in [6.07, 6.45) is 2.98. The van der Waals surface area contributed by atoms with E-state index in [1.54, 1.807) is 22.7 Å². The van der Waals surface area contributed by atoms with Crippen molar-refractivity contribution in [1.29, 1.82) is 0 Å². The summed E-state index contributed by atoms with van der Waals surface area (Å²) in [7, 11) is 2.04. The lowest BCUT2D eigenvalue weighted by Gasteiger charge is -2.20. The highest BCUT2D eigenvalue weighted by atomic mass is 127. The average Bonchev–Trinajstić information content (AvgIpc) is 3.12. The molecule has 2 heterocycles. The lowest BCUT2D eigenvalue weighted by molar-refractivity contribution is 0.470. The van der Waals surface area contributed by atoms with Gasteiger partial charge in [0, 0.05) is 30.0 Å². The molecule has 0 atom stereocenters. The zero-order valence-corrected chi connectivity index (χ0v) is 18.0. The van der Waals surface area contributed by atoms with Crippen LogP contribution in [0.2, 0.25) is 0 Å². The number of hydrogen-bond acceptors (Lipinski definition) is 5. The van der Waals surface area contributed by atoms with Gasteiger partial charge in [-0.3, -0.25) is 0 Å². The maximum atomic E-state index is 4.69. The molecule has 0 fully saturated rings. The van der Waals surface area contributed by atoms with Gasteiger partial charge in [-0.1, -0.05) is 6.92 Å². The van der Waals surface area contributed by atoms with Crippen molar-refractivity contribution in [2.75, 3.05) is 13.6 Å². The summed E-state index contributed by atoms with van der Waals surface area (Å²) in [4.78, 5) is 17.0. The van der Waals surface area contributed by atoms with Crippen molar-refractivity contribution in [2.24, 2.45) is 4.99 Å². The van der Waals surface area contributed by atoms with Crippen LogP contribution in [0.25, 0.3) is 0 Å². The summed E-state index contributed by atoms with van der Waals surface area (Å²) in [6.45, 7) is 8.48. The highest BCUT2D eigenvalue weighted by Crippen LogP contribution is 2.14. The van der Waals surface area contributed by atoms with Crippen molar-refractivity contribution in [3.63, 3.8) is 0 Å². The summed E-state index contributed by atoms with van der Waals surface area (Å²) < 4.78 is 0. The predicted molar refractivity (Wildman–Crippen MR) is 110 cm³/mol. The molecule has 0 aliphatic rings. The second kappa shape index (κ2) is 10.2. The Hall–Kier alpha value is -0.740. The molecule has 128 valence electrons. The van der Waals surface area contributed by atoms with Gasteiger partial charge in [0.2, 0.25) is 0 Å². The van der Waals surface area contributed by atoms with Gasteiger partial charge in [0.05, 0.1) is 23.8 Å². The number of hydrogen-bond donors (Lipinski definition) is 1. The summed E-state index contributed by atoms with van der Waals surface area (Å²) in [6, 6.07) is 0. The summed E-state index contributed by atoms with van der Waals surface area (Å²) in [5.74, 6) is 0.890. The number of rotatable bonds is 6. The minimum absolute atomic E-state index is 0. The Morgan fingerprint density at radius 1 is 1.39 bits per heavy atom. The number of aromatic nitrogens is 2. The maximum absolute atomic E-state index is 4.69. The first-order valence-corrected chi connectivity index (χ1v) is 9.16. The monoisotopic (exact) mass is 465 g/mol. The van der Waals surface area contributed by atoms with Crippen LogP contribution < -0.4 is 5.32 Å². The van der Waals surface area contributed by atoms with Gasteiger partial charge in [-0.2, -0.15) is 0 Å². The first-order chi connectivity index (χ1) is 10.6. The zero-order valence-electron chi connectivity index (χ0n) is 14.0. The van der Waals surface area contributed by atoms with E-state index in [2.05, 4.69) is 44.4 Å². The Bertz CT molecular complexity index is 623. The normalized spacial score (nSPS) is 11.2. The highest BCUT2D eigenvalue weighted by molar-refractivity contribution is 14.0. The molecule has 2 aromatic heterocycles. The molecule has 23 heavy (non-hydrogen) atoms. The van der Waals surface area contributed by atoms with Crippen molar-refractivity contribution in [3.05, 3.63) is 32.2 Å². The van der Waals surface area contributed by atoms with Crippen LogP contribution in [0, 0.1) is 6.92 Å². The molecule has 0 radical (unpaired) electrons. The summed E-state index contributed by atoms with van der Waals surface area (Å²) in [5.41, 5.74) is 1.08. The van der Waals surface area contributed by atoms with Crippen molar-refractivity contribution in [3.8, 4) is 0 Å². The Balaban J connectivity index is 0.00000264. The van der Waals surface area contributed by atoms with Crippen LogP contribution in [0.1, 0.15) is 34.4 Å². The Kier molecular flexibility index (Phi) is 9.00. The van der Waals surface area contributed by atoms with E-state index in [0.29, 0.717) is 6.54 Å². The van der Waals surface area contributed by atoms with E-state index in [-0.39, 0.29) is 24.0 Å². The second-order valence-electron chi connectivity index (χ2n) is 4.96. The van der Waals surface area contributed by atoms with E-state index in [1.807, 2.05) is 20.2 Å². The standard InChI is InChI=1S/C15H23N5S2.HI/c1-5-13-7-17-14(22-13)8-18-15(16-6-2)20(4)9-12-10-21-11(3)19-12;/h7,10H,5-6,8-9H2,1-4H3,(H,16,18);1H. The van der Waals surface area contributed by atoms with Crippen molar-refractivity contribution in [2.45, 2.75) is 40.3 Å². The maximum Gasteiger partial charge on any atom is 0.194 e. The Morgan fingerprint density at radius 3 is 2.74 bits per heavy atom. The van der Waals surface area contributed by atoms with Gasteiger partial charge in [-0.25, -0.2) is 15.0 Å². The molecule has 0 aromatic carbocycles. The van der Waals surface area contributed by atoms with Crippen LogP contribution in [0.3, 0.4) is 0 Å². The van der Waals surface area contributed by atoms with Gasteiger partial charge in [0.25, 0.3) is 0 Å². The van der Waals surface area contributed by atoms with Gasteiger partial charge >= 0.3 is 0 Å². The summed E-state index contributed by atoms with van der Waals surface area (Å²) >= 11 is 3.42. The SMILES string of the molecule is CCNC(=NCc1ncc(CC)s1)N(C)Cc1csc(C)n1.I. The first kappa shape index (κ1) is 20.3. The molecule has 0 saturated heterocycles. The Labute approximate surface area is 163 Å². The molecule has 0 unspecified atom stereocenters. The van der Waals surface area contributed by atoms with E-state index < -0.39 is 0 Å². The molecule has 0 saturated carbocycles. The molecule has 0 aliphatic heterocycles. The third-order valence-corrected chi connectivity index (χ3v) is 5.02. The third kappa shape index (κ3) is 6.34. The smallest absolute Gasteiger partial charge is 0.194 e. The van der Waals surface area contributed by atoms with Crippen LogP contribution in [0.15, 0.2) is 16.6 Å². The van der Waals surface area contributed by atoms with E-state index in [4.69, 9.17) is 0 Å². The first-order valence-electron chi connectivity index (χ1n) is 7.46. The highest BCUT2D eigenvalue weighted by Gasteiger charge is 2.09. The number of nitrogens with one attached hydrogen (secondary N) is 1. The molecule has 5 nitrogen and oxygen atoms in total. The molecular weight excluding hydrogens is 441 g/mol. The van der Waals surface area contributed by atoms with E-state index in [1.165, 1.54) is 4.88 Å². The zero-order chi connectivity index (χ0) is 15.9. The molecule has 1 N–H and O–H groups in total. The van der Waals surface area contributed by atoms with Crippen molar-refractivity contribution < 1.29 is 0 Å². The number of halogens is 1. The van der Waals surface area contributed by atoms with Gasteiger partial charge in [0.1, 0.15) is 5.01 Å². The number of aliphatic imine (C=N–C) groups is 1. The van der Waals surface area contributed by atoms with Crippen LogP contribution in [0.4, 0.5) is 0 Å².